The second-order valence-corrected chi connectivity index (χ2v) is 7.01. The van der Waals surface area contributed by atoms with Crippen molar-refractivity contribution in [1.82, 2.24) is 29.6 Å². The van der Waals surface area contributed by atoms with E-state index in [0.717, 1.165) is 33.8 Å². The van der Waals surface area contributed by atoms with Gasteiger partial charge in [-0.2, -0.15) is 14.5 Å². The normalized spacial score (nSPS) is 11.0. The SMILES string of the molecule is Cc1ccn(-c2ccc(OCc3c(C)cccc3-n3nnn(C)c3=O)c(C)c2)n1. The highest BCUT2D eigenvalue weighted by Crippen LogP contribution is 2.24. The molecule has 29 heavy (non-hydrogen) atoms. The average Bonchev–Trinajstić information content (AvgIpc) is 3.27. The molecule has 0 unspecified atom stereocenters. The predicted molar refractivity (Wildman–Crippen MR) is 109 cm³/mol. The fourth-order valence-corrected chi connectivity index (χ4v) is 3.18. The summed E-state index contributed by atoms with van der Waals surface area (Å²) in [5.74, 6) is 0.776. The fraction of sp³-hybridized carbons (Fsp3) is 0.238. The molecule has 0 saturated carbocycles. The second-order valence-electron chi connectivity index (χ2n) is 7.01. The monoisotopic (exact) mass is 390 g/mol. The highest BCUT2D eigenvalue weighted by molar-refractivity contribution is 5.46. The van der Waals surface area contributed by atoms with Crippen molar-refractivity contribution < 1.29 is 4.74 Å². The zero-order valence-electron chi connectivity index (χ0n) is 16.8. The number of hydrogen-bond donors (Lipinski definition) is 0. The number of rotatable bonds is 5. The molecule has 0 aliphatic heterocycles. The van der Waals surface area contributed by atoms with Crippen molar-refractivity contribution in [2.75, 3.05) is 0 Å². The Morgan fingerprint density at radius 3 is 2.48 bits per heavy atom. The van der Waals surface area contributed by atoms with Gasteiger partial charge in [0, 0.05) is 18.8 Å². The summed E-state index contributed by atoms with van der Waals surface area (Å²) in [5.41, 5.74) is 5.22. The fourth-order valence-electron chi connectivity index (χ4n) is 3.18. The summed E-state index contributed by atoms with van der Waals surface area (Å²) in [5, 5.41) is 12.2. The third kappa shape index (κ3) is 3.56. The van der Waals surface area contributed by atoms with Gasteiger partial charge in [0.05, 0.1) is 17.1 Å². The van der Waals surface area contributed by atoms with E-state index >= 15 is 0 Å². The largest absolute Gasteiger partial charge is 0.489 e. The Morgan fingerprint density at radius 1 is 1.00 bits per heavy atom. The molecule has 2 aromatic carbocycles. The zero-order chi connectivity index (χ0) is 20.5. The molecule has 148 valence electrons. The molecular weight excluding hydrogens is 368 g/mol. The van der Waals surface area contributed by atoms with E-state index in [2.05, 4.69) is 15.5 Å². The molecule has 0 spiro atoms. The van der Waals surface area contributed by atoms with Crippen LogP contribution in [0.15, 0.2) is 53.5 Å². The lowest BCUT2D eigenvalue weighted by atomic mass is 10.1. The van der Waals surface area contributed by atoms with Crippen LogP contribution in [0.3, 0.4) is 0 Å². The highest BCUT2D eigenvalue weighted by atomic mass is 16.5. The molecule has 2 aromatic heterocycles. The third-order valence-corrected chi connectivity index (χ3v) is 4.85. The van der Waals surface area contributed by atoms with Crippen LogP contribution in [0.4, 0.5) is 0 Å². The van der Waals surface area contributed by atoms with Gasteiger partial charge in [-0.05, 0) is 72.7 Å². The molecule has 0 amide bonds. The lowest BCUT2D eigenvalue weighted by molar-refractivity contribution is 0.302. The summed E-state index contributed by atoms with van der Waals surface area (Å²) in [6.07, 6.45) is 1.93. The molecule has 8 heteroatoms. The van der Waals surface area contributed by atoms with E-state index in [9.17, 15) is 4.79 Å². The van der Waals surface area contributed by atoms with Crippen molar-refractivity contribution in [3.8, 4) is 17.1 Å². The van der Waals surface area contributed by atoms with Crippen LogP contribution in [-0.4, -0.2) is 29.6 Å². The van der Waals surface area contributed by atoms with E-state index in [1.165, 1.54) is 9.36 Å². The average molecular weight is 390 g/mol. The Labute approximate surface area is 168 Å². The molecule has 4 aromatic rings. The number of ether oxygens (including phenoxy) is 1. The summed E-state index contributed by atoms with van der Waals surface area (Å²) in [7, 11) is 1.57. The molecule has 0 radical (unpaired) electrons. The van der Waals surface area contributed by atoms with Gasteiger partial charge in [0.2, 0.25) is 0 Å². The predicted octanol–water partition coefficient (Wildman–Crippen LogP) is 2.66. The molecular formula is C21H22N6O2. The summed E-state index contributed by atoms with van der Waals surface area (Å²) in [6.45, 7) is 6.26. The number of hydrogen-bond acceptors (Lipinski definition) is 5. The van der Waals surface area contributed by atoms with E-state index in [-0.39, 0.29) is 5.69 Å². The van der Waals surface area contributed by atoms with Gasteiger partial charge in [0.1, 0.15) is 12.4 Å². The van der Waals surface area contributed by atoms with Gasteiger partial charge in [-0.3, -0.25) is 0 Å². The van der Waals surface area contributed by atoms with E-state index in [1.54, 1.807) is 7.05 Å². The number of nitrogens with zero attached hydrogens (tertiary/aromatic N) is 6. The van der Waals surface area contributed by atoms with Crippen LogP contribution in [0.25, 0.3) is 11.4 Å². The summed E-state index contributed by atoms with van der Waals surface area (Å²) in [6, 6.07) is 13.6. The van der Waals surface area contributed by atoms with Gasteiger partial charge < -0.3 is 4.74 Å². The molecule has 8 nitrogen and oxygen atoms in total. The first-order valence-corrected chi connectivity index (χ1v) is 9.28. The quantitative estimate of drug-likeness (QED) is 0.523. The van der Waals surface area contributed by atoms with Crippen molar-refractivity contribution in [2.24, 2.45) is 7.05 Å². The summed E-state index contributed by atoms with van der Waals surface area (Å²) in [4.78, 5) is 12.3. The molecule has 0 saturated heterocycles. The van der Waals surface area contributed by atoms with E-state index in [1.807, 2.05) is 74.1 Å². The highest BCUT2D eigenvalue weighted by Gasteiger charge is 2.14. The molecule has 2 heterocycles. The van der Waals surface area contributed by atoms with Crippen molar-refractivity contribution in [3.05, 3.63) is 81.5 Å². The topological polar surface area (TPSA) is 79.8 Å². The Hall–Kier alpha value is -3.68. The van der Waals surface area contributed by atoms with Gasteiger partial charge in [0.15, 0.2) is 0 Å². The number of benzene rings is 2. The first-order valence-electron chi connectivity index (χ1n) is 9.28. The minimum Gasteiger partial charge on any atom is -0.489 e. The van der Waals surface area contributed by atoms with Crippen molar-refractivity contribution >= 4 is 0 Å². The Balaban J connectivity index is 1.61. The Morgan fingerprint density at radius 2 is 1.83 bits per heavy atom. The Bertz CT molecular complexity index is 1230. The molecule has 0 fully saturated rings. The summed E-state index contributed by atoms with van der Waals surface area (Å²) < 4.78 is 10.4. The van der Waals surface area contributed by atoms with Gasteiger partial charge in [0.25, 0.3) is 0 Å². The minimum atomic E-state index is -0.299. The number of aryl methyl sites for hydroxylation is 4. The van der Waals surface area contributed by atoms with E-state index in [4.69, 9.17) is 4.74 Å². The maximum Gasteiger partial charge on any atom is 0.368 e. The van der Waals surface area contributed by atoms with Gasteiger partial charge in [-0.1, -0.05) is 12.1 Å². The standard InChI is InChI=1S/C21H22N6O2/c1-14-6-5-7-19(27-21(28)25(4)23-24-27)18(14)13-29-20-9-8-17(12-15(20)2)26-11-10-16(3)22-26/h5-12H,13H2,1-4H3. The molecule has 0 aliphatic rings. The molecule has 0 atom stereocenters. The number of tetrazole rings is 1. The minimum absolute atomic E-state index is 0.299. The maximum atomic E-state index is 12.3. The van der Waals surface area contributed by atoms with Crippen molar-refractivity contribution in [3.63, 3.8) is 0 Å². The van der Waals surface area contributed by atoms with Crippen LogP contribution in [0.2, 0.25) is 0 Å². The van der Waals surface area contributed by atoms with Gasteiger partial charge in [-0.25, -0.2) is 9.48 Å². The van der Waals surface area contributed by atoms with Crippen molar-refractivity contribution in [1.29, 1.82) is 0 Å². The molecule has 0 N–H and O–H groups in total. The molecule has 4 rings (SSSR count). The Kier molecular flexibility index (Phi) is 4.75. The van der Waals surface area contributed by atoms with Crippen LogP contribution in [0.5, 0.6) is 5.75 Å². The van der Waals surface area contributed by atoms with Crippen LogP contribution >= 0.6 is 0 Å². The smallest absolute Gasteiger partial charge is 0.368 e. The molecule has 0 aliphatic carbocycles. The zero-order valence-corrected chi connectivity index (χ0v) is 16.8. The number of aromatic nitrogens is 6. The van der Waals surface area contributed by atoms with Crippen LogP contribution in [0.1, 0.15) is 22.4 Å². The van der Waals surface area contributed by atoms with Gasteiger partial charge in [-0.15, -0.1) is 0 Å². The maximum absolute atomic E-state index is 12.3. The van der Waals surface area contributed by atoms with E-state index < -0.39 is 0 Å². The van der Waals surface area contributed by atoms with Crippen LogP contribution in [0, 0.1) is 20.8 Å². The third-order valence-electron chi connectivity index (χ3n) is 4.85. The van der Waals surface area contributed by atoms with E-state index in [0.29, 0.717) is 12.3 Å². The van der Waals surface area contributed by atoms with Crippen LogP contribution < -0.4 is 10.4 Å². The van der Waals surface area contributed by atoms with Crippen molar-refractivity contribution in [2.45, 2.75) is 27.4 Å². The van der Waals surface area contributed by atoms with Crippen LogP contribution in [-0.2, 0) is 13.7 Å². The van der Waals surface area contributed by atoms with Gasteiger partial charge >= 0.3 is 5.69 Å². The lowest BCUT2D eigenvalue weighted by Gasteiger charge is -2.15. The lowest BCUT2D eigenvalue weighted by Crippen LogP contribution is -2.23. The summed E-state index contributed by atoms with van der Waals surface area (Å²) >= 11 is 0. The first kappa shape index (κ1) is 18.7. The molecule has 0 bridgehead atoms. The first-order chi connectivity index (χ1) is 13.9. The second kappa shape index (κ2) is 7.38.